The lowest BCUT2D eigenvalue weighted by atomic mass is 9.92. The fraction of sp³-hybridized carbons (Fsp3) is 0.514. The van der Waals surface area contributed by atoms with Crippen LogP contribution in [0.3, 0.4) is 0 Å². The molecule has 0 aliphatic carbocycles. The maximum atomic E-state index is 17.3. The fourth-order valence-electron chi connectivity index (χ4n) is 8.54. The topological polar surface area (TPSA) is 110 Å². The molecule has 8 rings (SSSR count). The zero-order chi connectivity index (χ0) is 33.5. The van der Waals surface area contributed by atoms with Gasteiger partial charge in [-0.2, -0.15) is 15.2 Å². The van der Waals surface area contributed by atoms with Crippen LogP contribution in [0.5, 0.6) is 11.8 Å². The van der Waals surface area contributed by atoms with E-state index in [1.54, 1.807) is 7.11 Å². The third-order valence-corrected chi connectivity index (χ3v) is 12.5. The lowest BCUT2D eigenvalue weighted by Gasteiger charge is -2.32. The summed E-state index contributed by atoms with van der Waals surface area (Å²) in [5.74, 6) is 0.0149. The van der Waals surface area contributed by atoms with E-state index in [0.717, 1.165) is 63.0 Å². The van der Waals surface area contributed by atoms with Crippen LogP contribution in [-0.4, -0.2) is 72.0 Å². The van der Waals surface area contributed by atoms with Crippen molar-refractivity contribution in [2.45, 2.75) is 69.6 Å². The molecule has 252 valence electrons. The lowest BCUT2D eigenvalue weighted by Crippen LogP contribution is -2.43. The Hall–Kier alpha value is -3.50. The third kappa shape index (κ3) is 4.80. The largest absolute Gasteiger partial charge is 0.489 e. The fourth-order valence-corrected chi connectivity index (χ4v) is 9.82. The molecule has 13 heteroatoms. The van der Waals surface area contributed by atoms with Gasteiger partial charge in [-0.3, -0.25) is 4.90 Å². The normalized spacial score (nSPS) is 27.0. The van der Waals surface area contributed by atoms with Crippen molar-refractivity contribution in [2.24, 2.45) is 5.92 Å². The highest BCUT2D eigenvalue weighted by molar-refractivity contribution is 7.23. The Labute approximate surface area is 286 Å². The van der Waals surface area contributed by atoms with Gasteiger partial charge in [-0.1, -0.05) is 24.6 Å². The molecule has 4 aliphatic heterocycles. The predicted molar refractivity (Wildman–Crippen MR) is 183 cm³/mol. The number of nitriles is 1. The first-order chi connectivity index (χ1) is 23.1. The van der Waals surface area contributed by atoms with Crippen molar-refractivity contribution in [1.82, 2.24) is 14.9 Å². The quantitative estimate of drug-likeness (QED) is 0.230. The summed E-state index contributed by atoms with van der Waals surface area (Å²) in [6, 6.07) is 4.72. The predicted octanol–water partition coefficient (Wildman–Crippen LogP) is 7.31. The summed E-state index contributed by atoms with van der Waals surface area (Å²) in [6.07, 6.45) is 5.44. The second-order valence-corrected chi connectivity index (χ2v) is 15.5. The van der Waals surface area contributed by atoms with Gasteiger partial charge < -0.3 is 24.8 Å². The van der Waals surface area contributed by atoms with Crippen LogP contribution in [0, 0.1) is 28.9 Å². The lowest BCUT2D eigenvalue weighted by molar-refractivity contribution is -0.00422. The number of hydrogen-bond acceptors (Lipinski definition) is 10. The van der Waals surface area contributed by atoms with Gasteiger partial charge in [-0.15, -0.1) is 11.3 Å². The minimum Gasteiger partial charge on any atom is -0.489 e. The van der Waals surface area contributed by atoms with Crippen LogP contribution >= 0.6 is 22.9 Å². The minimum absolute atomic E-state index is 0.0000865. The van der Waals surface area contributed by atoms with Crippen molar-refractivity contribution in [1.29, 1.82) is 5.26 Å². The van der Waals surface area contributed by atoms with Crippen LogP contribution in [0.15, 0.2) is 12.1 Å². The van der Waals surface area contributed by atoms with Crippen molar-refractivity contribution in [3.63, 3.8) is 0 Å². The number of nitrogen functional groups attached to an aromatic ring is 1. The number of thiophene rings is 1. The molecule has 0 amide bonds. The number of fused-ring (bicyclic) bond motifs is 4. The molecule has 2 aromatic heterocycles. The summed E-state index contributed by atoms with van der Waals surface area (Å²) in [7, 11) is 1.73. The van der Waals surface area contributed by atoms with Crippen LogP contribution in [-0.2, 0) is 4.74 Å². The molecule has 0 spiro atoms. The number of nitrogens with two attached hydrogens (primary N) is 1. The molecule has 2 aromatic carbocycles. The number of rotatable bonds is 5. The molecular weight excluding hydrogens is 658 g/mol. The molecule has 4 atom stereocenters. The zero-order valence-corrected chi connectivity index (χ0v) is 28.7. The number of methoxy groups -OCH3 is 1. The van der Waals surface area contributed by atoms with Crippen molar-refractivity contribution in [3.05, 3.63) is 34.4 Å². The van der Waals surface area contributed by atoms with Crippen molar-refractivity contribution in [2.75, 3.05) is 50.6 Å². The number of benzene rings is 2. The maximum Gasteiger partial charge on any atom is 0.319 e. The van der Waals surface area contributed by atoms with Gasteiger partial charge in [-0.25, -0.2) is 8.78 Å². The zero-order valence-electron chi connectivity index (χ0n) is 27.2. The molecular formula is C35H37ClF2N6O3S. The SMILES string of the molecule is COC1(C)CCC2COc3c(Cl)c(-c4ccc(F)c5sc(N)c(C#N)c45)c(F)c4nc(OC[C@@]56CCCN5C[C@H](C)C6)nc(c34)N2CC1. The van der Waals surface area contributed by atoms with E-state index in [1.165, 1.54) is 12.1 Å². The molecule has 2 unspecified atom stereocenters. The van der Waals surface area contributed by atoms with Gasteiger partial charge in [0.2, 0.25) is 0 Å². The highest BCUT2D eigenvalue weighted by Gasteiger charge is 2.48. The molecule has 3 fully saturated rings. The molecule has 0 saturated carbocycles. The molecule has 0 radical (unpaired) electrons. The second-order valence-electron chi connectivity index (χ2n) is 14.1. The average Bonchev–Trinajstić information content (AvgIpc) is 3.63. The van der Waals surface area contributed by atoms with Gasteiger partial charge in [0.15, 0.2) is 11.6 Å². The van der Waals surface area contributed by atoms with Gasteiger partial charge in [-0.05, 0) is 69.5 Å². The summed E-state index contributed by atoms with van der Waals surface area (Å²) < 4.78 is 51.3. The van der Waals surface area contributed by atoms with Gasteiger partial charge >= 0.3 is 6.01 Å². The first kappa shape index (κ1) is 31.7. The Kier molecular flexibility index (Phi) is 7.64. The number of hydrogen-bond donors (Lipinski definition) is 1. The Bertz CT molecular complexity index is 2020. The number of ether oxygens (including phenoxy) is 3. The van der Waals surface area contributed by atoms with Crippen LogP contribution < -0.4 is 20.1 Å². The Morgan fingerprint density at radius 3 is 2.83 bits per heavy atom. The number of halogens is 3. The van der Waals surface area contributed by atoms with E-state index in [-0.39, 0.29) is 77.9 Å². The van der Waals surface area contributed by atoms with Gasteiger partial charge in [0.25, 0.3) is 0 Å². The maximum absolute atomic E-state index is 17.3. The summed E-state index contributed by atoms with van der Waals surface area (Å²) in [6.45, 7) is 7.70. The Morgan fingerprint density at radius 1 is 1.21 bits per heavy atom. The van der Waals surface area contributed by atoms with Crippen LogP contribution in [0.25, 0.3) is 32.1 Å². The summed E-state index contributed by atoms with van der Waals surface area (Å²) in [5, 5.41) is 10.7. The minimum atomic E-state index is -0.734. The van der Waals surface area contributed by atoms with Crippen LogP contribution in [0.2, 0.25) is 5.02 Å². The van der Waals surface area contributed by atoms with E-state index in [0.29, 0.717) is 30.3 Å². The standard InChI is InChI=1S/C35H37ClF2N6O3S/c1-18-13-35(8-4-11-43(35)15-18)17-47-33-41-28-25-29(46-16-19-7-9-34(2,45-3)10-12-44(19)32(25)42-33)26(36)24(27(28)38)20-5-6-22(37)30-23(20)21(14-39)31(40)48-30/h5-6,18-19H,4,7-13,15-17,40H2,1-3H3/t18-,19?,34?,35+/m1/s1. The van der Waals surface area contributed by atoms with Crippen molar-refractivity contribution < 1.29 is 23.0 Å². The van der Waals surface area contributed by atoms with E-state index < -0.39 is 11.6 Å². The molecule has 2 N–H and O–H groups in total. The van der Waals surface area contributed by atoms with Crippen molar-refractivity contribution >= 4 is 54.7 Å². The smallest absolute Gasteiger partial charge is 0.319 e. The Morgan fingerprint density at radius 2 is 2.04 bits per heavy atom. The van der Waals surface area contributed by atoms with E-state index in [2.05, 4.69) is 29.7 Å². The third-order valence-electron chi connectivity index (χ3n) is 11.1. The van der Waals surface area contributed by atoms with E-state index in [9.17, 15) is 5.26 Å². The average molecular weight is 695 g/mol. The molecule has 4 aromatic rings. The molecule has 48 heavy (non-hydrogen) atoms. The van der Waals surface area contributed by atoms with Gasteiger partial charge in [0, 0.05) is 31.1 Å². The summed E-state index contributed by atoms with van der Waals surface area (Å²) >= 11 is 8.05. The highest BCUT2D eigenvalue weighted by Crippen LogP contribution is 2.52. The molecule has 6 heterocycles. The van der Waals surface area contributed by atoms with E-state index >= 15 is 8.78 Å². The van der Waals surface area contributed by atoms with Gasteiger partial charge in [0.1, 0.15) is 41.4 Å². The van der Waals surface area contributed by atoms with E-state index in [1.807, 2.05) is 0 Å². The number of anilines is 2. The molecule has 4 aliphatic rings. The highest BCUT2D eigenvalue weighted by atomic mass is 35.5. The number of nitrogens with zero attached hydrogens (tertiary/aromatic N) is 5. The second kappa shape index (κ2) is 11.5. The summed E-state index contributed by atoms with van der Waals surface area (Å²) in [4.78, 5) is 14.4. The van der Waals surface area contributed by atoms with Gasteiger partial charge in [0.05, 0.1) is 37.9 Å². The first-order valence-electron chi connectivity index (χ1n) is 16.5. The van der Waals surface area contributed by atoms with E-state index in [4.69, 9.17) is 41.5 Å². The van der Waals surface area contributed by atoms with Crippen LogP contribution in [0.1, 0.15) is 57.9 Å². The van der Waals surface area contributed by atoms with Crippen molar-refractivity contribution in [3.8, 4) is 29.0 Å². The number of aromatic nitrogens is 2. The monoisotopic (exact) mass is 694 g/mol. The molecule has 3 saturated heterocycles. The Balaban J connectivity index is 1.34. The first-order valence-corrected chi connectivity index (χ1v) is 17.7. The molecule has 9 nitrogen and oxygen atoms in total. The molecule has 0 bridgehead atoms. The van der Waals surface area contributed by atoms with Crippen LogP contribution in [0.4, 0.5) is 19.6 Å². The summed E-state index contributed by atoms with van der Waals surface area (Å²) in [5.41, 5.74) is 5.97.